The lowest BCUT2D eigenvalue weighted by molar-refractivity contribution is 0.332. The summed E-state index contributed by atoms with van der Waals surface area (Å²) in [5.41, 5.74) is 18.6. The van der Waals surface area contributed by atoms with Gasteiger partial charge in [-0.2, -0.15) is 0 Å². The molecule has 2 aliphatic heterocycles. The molecule has 0 fully saturated rings. The van der Waals surface area contributed by atoms with Crippen LogP contribution >= 0.6 is 0 Å². The summed E-state index contributed by atoms with van der Waals surface area (Å²) in [5, 5.41) is 2.37. The molecule has 5 aromatic carbocycles. The van der Waals surface area contributed by atoms with Crippen LogP contribution in [0.3, 0.4) is 0 Å². The molecule has 0 N–H and O–H groups in total. The Balaban J connectivity index is 1.43. The zero-order chi connectivity index (χ0) is 36.9. The van der Waals surface area contributed by atoms with Gasteiger partial charge in [-0.15, -0.1) is 0 Å². The molecule has 3 heteroatoms. The van der Waals surface area contributed by atoms with Gasteiger partial charge in [0, 0.05) is 39.3 Å². The van der Waals surface area contributed by atoms with Crippen LogP contribution in [0.1, 0.15) is 129 Å². The van der Waals surface area contributed by atoms with Gasteiger partial charge < -0.3 is 9.32 Å². The second-order valence-electron chi connectivity index (χ2n) is 20.2. The van der Waals surface area contributed by atoms with E-state index in [4.69, 9.17) is 4.42 Å². The fourth-order valence-corrected chi connectivity index (χ4v) is 9.86. The van der Waals surface area contributed by atoms with Crippen molar-refractivity contribution >= 4 is 62.1 Å². The fraction of sp³-hybridized carbons (Fsp3) is 0.388. The lowest BCUT2D eigenvalue weighted by atomic mass is 9.30. The Morgan fingerprint density at radius 2 is 1.23 bits per heavy atom. The first kappa shape index (κ1) is 33.6. The molecule has 1 aromatic heterocycles. The van der Waals surface area contributed by atoms with Crippen molar-refractivity contribution in [2.75, 3.05) is 4.90 Å². The normalized spacial score (nSPS) is 18.2. The largest absolute Gasteiger partial charge is 0.456 e. The smallest absolute Gasteiger partial charge is 0.247 e. The van der Waals surface area contributed by atoms with E-state index in [0.29, 0.717) is 0 Å². The van der Waals surface area contributed by atoms with Crippen LogP contribution in [0.4, 0.5) is 17.1 Å². The van der Waals surface area contributed by atoms with Crippen LogP contribution in [0.15, 0.2) is 89.3 Å². The van der Waals surface area contributed by atoms with Gasteiger partial charge in [0.25, 0.3) is 0 Å². The van der Waals surface area contributed by atoms with Gasteiger partial charge in [0.2, 0.25) is 6.71 Å². The van der Waals surface area contributed by atoms with E-state index in [0.717, 1.165) is 11.2 Å². The molecule has 52 heavy (non-hydrogen) atoms. The predicted octanol–water partition coefficient (Wildman–Crippen LogP) is 11.5. The van der Waals surface area contributed by atoms with E-state index in [1.165, 1.54) is 90.4 Å². The van der Waals surface area contributed by atoms with E-state index in [1.807, 2.05) is 0 Å². The first-order chi connectivity index (χ1) is 24.3. The number of nitrogens with zero attached hydrogens (tertiary/aromatic N) is 1. The highest BCUT2D eigenvalue weighted by atomic mass is 16.3. The highest BCUT2D eigenvalue weighted by Crippen LogP contribution is 2.50. The quantitative estimate of drug-likeness (QED) is 0.160. The number of fused-ring (bicyclic) bond motifs is 8. The van der Waals surface area contributed by atoms with Crippen molar-refractivity contribution in [3.63, 3.8) is 0 Å². The molecule has 9 rings (SSSR count). The second-order valence-corrected chi connectivity index (χ2v) is 20.2. The average Bonchev–Trinajstić information content (AvgIpc) is 3.43. The molecule has 0 saturated heterocycles. The Bertz CT molecular complexity index is 2480. The van der Waals surface area contributed by atoms with Gasteiger partial charge in [-0.05, 0) is 103 Å². The second kappa shape index (κ2) is 10.5. The zero-order valence-corrected chi connectivity index (χ0v) is 33.4. The molecule has 0 saturated carbocycles. The van der Waals surface area contributed by atoms with E-state index < -0.39 is 0 Å². The number of rotatable bonds is 1. The lowest BCUT2D eigenvalue weighted by Crippen LogP contribution is -2.64. The van der Waals surface area contributed by atoms with Gasteiger partial charge in [0.15, 0.2) is 0 Å². The first-order valence-corrected chi connectivity index (χ1v) is 19.5. The van der Waals surface area contributed by atoms with Crippen molar-refractivity contribution in [1.82, 2.24) is 0 Å². The summed E-state index contributed by atoms with van der Waals surface area (Å²) in [5.74, 6) is 0. The van der Waals surface area contributed by atoms with Crippen molar-refractivity contribution in [3.8, 4) is 0 Å². The number of para-hydroxylation sites is 1. The van der Waals surface area contributed by atoms with Crippen LogP contribution in [0.5, 0.6) is 0 Å². The molecular weight excluding hydrogens is 629 g/mol. The van der Waals surface area contributed by atoms with Crippen LogP contribution in [0.25, 0.3) is 21.9 Å². The van der Waals surface area contributed by atoms with E-state index >= 15 is 0 Å². The summed E-state index contributed by atoms with van der Waals surface area (Å²) in [6.45, 7) is 28.9. The Hall–Kier alpha value is -4.24. The summed E-state index contributed by atoms with van der Waals surface area (Å²) in [6.07, 6.45) is 2.39. The molecule has 2 nitrogen and oxygen atoms in total. The third-order valence-electron chi connectivity index (χ3n) is 13.3. The number of benzene rings is 5. The minimum Gasteiger partial charge on any atom is -0.456 e. The van der Waals surface area contributed by atoms with Gasteiger partial charge >= 0.3 is 0 Å². The van der Waals surface area contributed by atoms with Crippen molar-refractivity contribution < 1.29 is 4.42 Å². The van der Waals surface area contributed by atoms with E-state index in [2.05, 4.69) is 173 Å². The van der Waals surface area contributed by atoms with Crippen molar-refractivity contribution in [2.45, 2.75) is 123 Å². The molecule has 264 valence electrons. The molecule has 0 amide bonds. The van der Waals surface area contributed by atoms with Crippen LogP contribution in [0.2, 0.25) is 0 Å². The SMILES string of the molecule is CC(C)(C)c1ccc2c(c1)B1c3cc4c(cc3N(c3ccc5c(c3)C(C)(C)CCC5(C)C)c3cc(C(C)(C)C)cc(c31)C2(C)C)oc1ccccc14. The molecule has 6 aromatic rings. The van der Waals surface area contributed by atoms with Crippen molar-refractivity contribution in [1.29, 1.82) is 0 Å². The number of hydrogen-bond donors (Lipinski definition) is 0. The maximum atomic E-state index is 6.67. The monoisotopic (exact) mass is 683 g/mol. The van der Waals surface area contributed by atoms with Crippen molar-refractivity contribution in [2.24, 2.45) is 0 Å². The van der Waals surface area contributed by atoms with E-state index in [1.54, 1.807) is 0 Å². The van der Waals surface area contributed by atoms with Gasteiger partial charge in [-0.25, -0.2) is 0 Å². The third-order valence-corrected chi connectivity index (χ3v) is 13.3. The maximum Gasteiger partial charge on any atom is 0.247 e. The Morgan fingerprint density at radius 1 is 0.558 bits per heavy atom. The van der Waals surface area contributed by atoms with E-state index in [-0.39, 0.29) is 33.8 Å². The van der Waals surface area contributed by atoms with Gasteiger partial charge in [0.1, 0.15) is 11.2 Å². The molecule has 0 radical (unpaired) electrons. The minimum absolute atomic E-state index is 0.0238. The van der Waals surface area contributed by atoms with Crippen LogP contribution in [0, 0.1) is 0 Å². The highest BCUT2D eigenvalue weighted by Gasteiger charge is 2.48. The minimum atomic E-state index is -0.176. The third kappa shape index (κ3) is 4.69. The summed E-state index contributed by atoms with van der Waals surface area (Å²) < 4.78 is 6.67. The van der Waals surface area contributed by atoms with Gasteiger partial charge in [-0.3, -0.25) is 0 Å². The highest BCUT2D eigenvalue weighted by molar-refractivity contribution is 6.99. The first-order valence-electron chi connectivity index (χ1n) is 19.5. The van der Waals surface area contributed by atoms with Crippen molar-refractivity contribution in [3.05, 3.63) is 118 Å². The zero-order valence-electron chi connectivity index (χ0n) is 33.4. The average molecular weight is 684 g/mol. The maximum absolute atomic E-state index is 6.67. The molecule has 0 atom stereocenters. The molecule has 3 heterocycles. The van der Waals surface area contributed by atoms with Crippen LogP contribution in [-0.4, -0.2) is 6.71 Å². The topological polar surface area (TPSA) is 16.4 Å². The number of furan rings is 1. The molecule has 1 aliphatic carbocycles. The molecule has 0 unspecified atom stereocenters. The fourth-order valence-electron chi connectivity index (χ4n) is 9.86. The summed E-state index contributed by atoms with van der Waals surface area (Å²) in [7, 11) is 0. The van der Waals surface area contributed by atoms with E-state index in [9.17, 15) is 0 Å². The summed E-state index contributed by atoms with van der Waals surface area (Å²) >= 11 is 0. The van der Waals surface area contributed by atoms with Gasteiger partial charge in [0.05, 0.1) is 0 Å². The molecule has 3 aliphatic rings. The predicted molar refractivity (Wildman–Crippen MR) is 224 cm³/mol. The summed E-state index contributed by atoms with van der Waals surface area (Å²) in [4.78, 5) is 2.61. The molecule has 0 bridgehead atoms. The molecular formula is C49H54BNO. The van der Waals surface area contributed by atoms with Crippen LogP contribution in [-0.2, 0) is 27.1 Å². The lowest BCUT2D eigenvalue weighted by Gasteiger charge is -2.47. The standard InChI is InChI=1S/C49H54BNO/c1-45(2,3)29-17-19-35-38(24-29)50-39-27-33-32-15-13-14-16-42(32)52-43(33)28-40(39)51(31-18-20-34-36(26-31)48(9,10)22-21-47(34,7)8)41-25-30(46(4,5)6)23-37(44(41)50)49(35,11)12/h13-20,23-28H,21-22H2,1-12H3. The Kier molecular flexibility index (Phi) is 6.76. The summed E-state index contributed by atoms with van der Waals surface area (Å²) in [6, 6.07) is 33.2. The Labute approximate surface area is 311 Å². The number of hydrogen-bond acceptors (Lipinski definition) is 2. The Morgan fingerprint density at radius 3 is 1.94 bits per heavy atom. The van der Waals surface area contributed by atoms with Crippen LogP contribution < -0.4 is 21.3 Å². The molecule has 0 spiro atoms. The van der Waals surface area contributed by atoms with Gasteiger partial charge in [-0.1, -0.05) is 143 Å². The number of anilines is 3.